The minimum Gasteiger partial charge on any atom is -0.378 e. The second-order valence-corrected chi connectivity index (χ2v) is 4.95. The van der Waals surface area contributed by atoms with Crippen molar-refractivity contribution >= 4 is 28.3 Å². The molecule has 1 aromatic rings. The molecule has 2 aliphatic rings. The maximum absolute atomic E-state index is 5.35. The lowest BCUT2D eigenvalue weighted by Crippen LogP contribution is -2.36. The van der Waals surface area contributed by atoms with Crippen LogP contribution in [0, 0.1) is 0 Å². The van der Waals surface area contributed by atoms with E-state index in [9.17, 15) is 0 Å². The number of hydrogen-bond donors (Lipinski definition) is 0. The van der Waals surface area contributed by atoms with Crippen molar-refractivity contribution in [1.82, 2.24) is 4.98 Å². The van der Waals surface area contributed by atoms with Gasteiger partial charge >= 0.3 is 0 Å². The minimum absolute atomic E-state index is 0.810. The van der Waals surface area contributed by atoms with Gasteiger partial charge in [-0.2, -0.15) is 0 Å². The average molecular weight is 249 g/mol. The molecule has 0 saturated carbocycles. The number of hydrogen-bond acceptors (Lipinski definition) is 5. The Balaban J connectivity index is 1.77. The summed E-state index contributed by atoms with van der Waals surface area (Å²) in [6.07, 6.45) is 4.96. The van der Waals surface area contributed by atoms with Crippen LogP contribution in [0.5, 0.6) is 0 Å². The lowest BCUT2D eigenvalue weighted by Gasteiger charge is -2.26. The van der Waals surface area contributed by atoms with Gasteiger partial charge in [-0.15, -0.1) is 11.3 Å². The third-order valence-electron chi connectivity index (χ3n) is 2.99. The molecule has 17 heavy (non-hydrogen) atoms. The zero-order valence-corrected chi connectivity index (χ0v) is 10.4. The molecule has 5 heteroatoms. The lowest BCUT2D eigenvalue weighted by atomic mass is 10.1. The molecule has 2 aliphatic heterocycles. The highest BCUT2D eigenvalue weighted by Gasteiger charge is 2.16. The van der Waals surface area contributed by atoms with E-state index in [1.807, 2.05) is 6.21 Å². The van der Waals surface area contributed by atoms with Gasteiger partial charge < -0.3 is 9.64 Å². The van der Waals surface area contributed by atoms with Crippen molar-refractivity contribution in [3.05, 3.63) is 17.2 Å². The third-order valence-corrected chi connectivity index (χ3v) is 3.90. The molecule has 1 fully saturated rings. The monoisotopic (exact) mass is 249 g/mol. The smallest absolute Gasteiger partial charge is 0.186 e. The van der Waals surface area contributed by atoms with Crippen LogP contribution in [0.3, 0.4) is 0 Å². The molecule has 0 bridgehead atoms. The summed E-state index contributed by atoms with van der Waals surface area (Å²) < 4.78 is 5.35. The van der Waals surface area contributed by atoms with Gasteiger partial charge in [0.1, 0.15) is 0 Å². The van der Waals surface area contributed by atoms with Gasteiger partial charge in [0.15, 0.2) is 5.13 Å². The van der Waals surface area contributed by atoms with Crippen molar-refractivity contribution in [1.29, 1.82) is 0 Å². The normalized spacial score (nSPS) is 20.5. The van der Waals surface area contributed by atoms with E-state index in [0.717, 1.165) is 50.1 Å². The Hall–Kier alpha value is -1.20. The summed E-state index contributed by atoms with van der Waals surface area (Å²) in [4.78, 5) is 11.2. The van der Waals surface area contributed by atoms with Gasteiger partial charge in [-0.1, -0.05) is 0 Å². The van der Waals surface area contributed by atoms with Crippen molar-refractivity contribution in [2.45, 2.75) is 6.42 Å². The Kier molecular flexibility index (Phi) is 3.20. The van der Waals surface area contributed by atoms with Crippen molar-refractivity contribution in [3.63, 3.8) is 0 Å². The van der Waals surface area contributed by atoms with Gasteiger partial charge in [-0.25, -0.2) is 4.98 Å². The number of allylic oxidation sites excluding steroid dienone is 1. The van der Waals surface area contributed by atoms with E-state index in [1.54, 1.807) is 11.3 Å². The Morgan fingerprint density at radius 3 is 2.94 bits per heavy atom. The van der Waals surface area contributed by atoms with E-state index in [-0.39, 0.29) is 0 Å². The Morgan fingerprint density at radius 1 is 1.29 bits per heavy atom. The molecule has 0 radical (unpaired) electrons. The first kappa shape index (κ1) is 10.9. The topological polar surface area (TPSA) is 37.7 Å². The number of morpholine rings is 1. The fourth-order valence-electron chi connectivity index (χ4n) is 2.01. The molecule has 0 spiro atoms. The maximum atomic E-state index is 5.35. The summed E-state index contributed by atoms with van der Waals surface area (Å²) in [5.41, 5.74) is 2.42. The van der Waals surface area contributed by atoms with Crippen LogP contribution in [-0.2, 0) is 4.74 Å². The van der Waals surface area contributed by atoms with E-state index in [0.29, 0.717) is 0 Å². The van der Waals surface area contributed by atoms with Crippen LogP contribution in [0.25, 0.3) is 5.57 Å². The second-order valence-electron chi connectivity index (χ2n) is 4.11. The van der Waals surface area contributed by atoms with Crippen LogP contribution in [0.1, 0.15) is 12.1 Å². The van der Waals surface area contributed by atoms with Crippen LogP contribution >= 0.6 is 11.3 Å². The summed E-state index contributed by atoms with van der Waals surface area (Å²) in [6, 6.07) is 0. The summed E-state index contributed by atoms with van der Waals surface area (Å²) in [6.45, 7) is 4.41. The molecule has 0 atom stereocenters. The molecule has 0 N–H and O–H groups in total. The molecule has 0 aliphatic carbocycles. The molecule has 1 aromatic heterocycles. The van der Waals surface area contributed by atoms with E-state index in [1.165, 1.54) is 5.57 Å². The lowest BCUT2D eigenvalue weighted by molar-refractivity contribution is 0.122. The molecule has 4 nitrogen and oxygen atoms in total. The number of aromatic nitrogens is 1. The average Bonchev–Trinajstić information content (AvgIpc) is 2.90. The number of nitrogens with zero attached hydrogens (tertiary/aromatic N) is 3. The number of anilines is 1. The zero-order chi connectivity index (χ0) is 11.5. The van der Waals surface area contributed by atoms with Crippen LogP contribution in [0.4, 0.5) is 5.13 Å². The van der Waals surface area contributed by atoms with Gasteiger partial charge in [-0.05, 0) is 18.1 Å². The van der Waals surface area contributed by atoms with E-state index >= 15 is 0 Å². The minimum atomic E-state index is 0.810. The number of rotatable bonds is 2. The van der Waals surface area contributed by atoms with Crippen molar-refractivity contribution < 1.29 is 4.74 Å². The number of dihydropyridines is 1. The van der Waals surface area contributed by atoms with Crippen LogP contribution in [0.15, 0.2) is 16.4 Å². The van der Waals surface area contributed by atoms with Crippen molar-refractivity contribution in [2.75, 3.05) is 37.7 Å². The highest BCUT2D eigenvalue weighted by atomic mass is 32.1. The molecule has 0 amide bonds. The van der Waals surface area contributed by atoms with Gasteiger partial charge in [0.05, 0.1) is 18.9 Å². The fourth-order valence-corrected chi connectivity index (χ4v) is 2.91. The van der Waals surface area contributed by atoms with Gasteiger partial charge in [0.25, 0.3) is 0 Å². The third kappa shape index (κ3) is 2.40. The Morgan fingerprint density at radius 2 is 2.18 bits per heavy atom. The van der Waals surface area contributed by atoms with Gasteiger partial charge in [0, 0.05) is 31.2 Å². The van der Waals surface area contributed by atoms with E-state index in [2.05, 4.69) is 21.3 Å². The molecule has 0 unspecified atom stereocenters. The molecular weight excluding hydrogens is 234 g/mol. The summed E-state index contributed by atoms with van der Waals surface area (Å²) in [5.74, 6) is 0. The van der Waals surface area contributed by atoms with Gasteiger partial charge in [-0.3, -0.25) is 4.99 Å². The standard InChI is InChI=1S/C12H15N3OS/c1-3-13-4-2-10(1)11-9-17-12(14-11)15-5-7-16-8-6-15/h1,3,9H,2,4-8H2. The summed E-state index contributed by atoms with van der Waals surface area (Å²) in [7, 11) is 0. The predicted molar refractivity (Wildman–Crippen MR) is 71.1 cm³/mol. The highest BCUT2D eigenvalue weighted by molar-refractivity contribution is 7.13. The molecule has 90 valence electrons. The molecular formula is C12H15N3OS. The largest absolute Gasteiger partial charge is 0.378 e. The first-order valence-electron chi connectivity index (χ1n) is 5.91. The number of aliphatic imine (C=N–C) groups is 1. The summed E-state index contributed by atoms with van der Waals surface area (Å²) in [5, 5.41) is 3.27. The first-order chi connectivity index (χ1) is 8.43. The van der Waals surface area contributed by atoms with Crippen LogP contribution < -0.4 is 4.90 Å². The van der Waals surface area contributed by atoms with Crippen molar-refractivity contribution in [2.24, 2.45) is 4.99 Å². The first-order valence-corrected chi connectivity index (χ1v) is 6.79. The molecule has 1 saturated heterocycles. The van der Waals surface area contributed by atoms with Crippen LogP contribution in [-0.4, -0.2) is 44.0 Å². The number of thiazole rings is 1. The van der Waals surface area contributed by atoms with E-state index in [4.69, 9.17) is 9.72 Å². The number of ether oxygens (including phenoxy) is 1. The Bertz CT molecular complexity index is 446. The predicted octanol–water partition coefficient (Wildman–Crippen LogP) is 1.84. The Labute approximate surface area is 105 Å². The maximum Gasteiger partial charge on any atom is 0.186 e. The molecule has 3 rings (SSSR count). The summed E-state index contributed by atoms with van der Waals surface area (Å²) >= 11 is 1.72. The fraction of sp³-hybridized carbons (Fsp3) is 0.500. The highest BCUT2D eigenvalue weighted by Crippen LogP contribution is 2.27. The van der Waals surface area contributed by atoms with Crippen LogP contribution in [0.2, 0.25) is 0 Å². The molecule has 3 heterocycles. The van der Waals surface area contributed by atoms with Gasteiger partial charge in [0.2, 0.25) is 0 Å². The van der Waals surface area contributed by atoms with E-state index < -0.39 is 0 Å². The molecule has 0 aromatic carbocycles. The quantitative estimate of drug-likeness (QED) is 0.802. The van der Waals surface area contributed by atoms with Crippen molar-refractivity contribution in [3.8, 4) is 0 Å². The SMILES string of the molecule is C1=NCCC(c2csc(N3CCOCC3)n2)=C1. The second kappa shape index (κ2) is 4.98. The zero-order valence-electron chi connectivity index (χ0n) is 9.63.